The number of nitrogens with zero attached hydrogens (tertiary/aromatic N) is 2. The Balaban J connectivity index is 1.96. The van der Waals surface area contributed by atoms with E-state index in [1.165, 1.54) is 23.5 Å². The molecule has 25 heavy (non-hydrogen) atoms. The van der Waals surface area contributed by atoms with Crippen LogP contribution in [0.4, 0.5) is 4.39 Å². The minimum absolute atomic E-state index is 0.0518. The molecular weight excluding hydrogens is 343 g/mol. The molecule has 0 aliphatic carbocycles. The highest BCUT2D eigenvalue weighted by molar-refractivity contribution is 7.15. The number of rotatable bonds is 4. The molecule has 0 spiro atoms. The predicted molar refractivity (Wildman–Crippen MR) is 94.2 cm³/mol. The van der Waals surface area contributed by atoms with Crippen LogP contribution in [0.15, 0.2) is 24.3 Å². The zero-order chi connectivity index (χ0) is 18.0. The van der Waals surface area contributed by atoms with Crippen LogP contribution in [0.1, 0.15) is 28.3 Å². The molecule has 1 N–H and O–H groups in total. The zero-order valence-electron chi connectivity index (χ0n) is 14.2. The summed E-state index contributed by atoms with van der Waals surface area (Å²) in [5, 5.41) is 10.4. The van der Waals surface area contributed by atoms with Gasteiger partial charge < -0.3 is 14.7 Å². The predicted octanol–water partition coefficient (Wildman–Crippen LogP) is 2.87. The molecule has 2 aromatic rings. The van der Waals surface area contributed by atoms with E-state index in [1.54, 1.807) is 24.1 Å². The van der Waals surface area contributed by atoms with Crippen molar-refractivity contribution in [3.63, 3.8) is 0 Å². The number of piperidine rings is 1. The van der Waals surface area contributed by atoms with Crippen molar-refractivity contribution in [2.24, 2.45) is 0 Å². The van der Waals surface area contributed by atoms with E-state index in [0.29, 0.717) is 29.1 Å². The van der Waals surface area contributed by atoms with Crippen LogP contribution in [-0.2, 0) is 4.74 Å². The standard InChI is InChI=1S/C18H21FN2O3S/c1-11-20-16(17(25-11)12-4-3-5-13(19)8-12)18(23)21-9-15(24-2)7-6-14(21)10-22/h3-5,8,14-15,22H,6-7,9-10H2,1-2H3. The Hall–Kier alpha value is -1.83. The minimum atomic E-state index is -0.354. The second-order valence-electron chi connectivity index (χ2n) is 6.15. The summed E-state index contributed by atoms with van der Waals surface area (Å²) in [6.45, 7) is 2.14. The summed E-state index contributed by atoms with van der Waals surface area (Å²) in [6, 6.07) is 5.91. The Morgan fingerprint density at radius 1 is 1.48 bits per heavy atom. The maximum absolute atomic E-state index is 13.6. The molecule has 1 aliphatic rings. The molecule has 1 saturated heterocycles. The van der Waals surface area contributed by atoms with Crippen molar-refractivity contribution in [3.8, 4) is 10.4 Å². The molecule has 1 aliphatic heterocycles. The SMILES string of the molecule is COC1CCC(CO)N(C(=O)c2nc(C)sc2-c2cccc(F)c2)C1. The number of hydrogen-bond acceptors (Lipinski definition) is 5. The fourth-order valence-electron chi connectivity index (χ4n) is 3.16. The molecule has 1 aromatic carbocycles. The summed E-state index contributed by atoms with van der Waals surface area (Å²) < 4.78 is 19.0. The molecule has 2 atom stereocenters. The average Bonchev–Trinajstić information content (AvgIpc) is 3.02. The van der Waals surface area contributed by atoms with Gasteiger partial charge in [0, 0.05) is 13.7 Å². The van der Waals surface area contributed by atoms with Gasteiger partial charge >= 0.3 is 0 Å². The number of aromatic nitrogens is 1. The molecule has 2 unspecified atom stereocenters. The lowest BCUT2D eigenvalue weighted by molar-refractivity contribution is -0.00412. The third kappa shape index (κ3) is 3.73. The molecule has 2 heterocycles. The van der Waals surface area contributed by atoms with Gasteiger partial charge in [0.1, 0.15) is 11.5 Å². The Morgan fingerprint density at radius 3 is 2.96 bits per heavy atom. The van der Waals surface area contributed by atoms with Crippen LogP contribution in [0.2, 0.25) is 0 Å². The summed E-state index contributed by atoms with van der Waals surface area (Å²) >= 11 is 1.36. The van der Waals surface area contributed by atoms with E-state index in [4.69, 9.17) is 4.74 Å². The van der Waals surface area contributed by atoms with E-state index in [9.17, 15) is 14.3 Å². The summed E-state index contributed by atoms with van der Waals surface area (Å²) in [4.78, 5) is 19.8. The summed E-state index contributed by atoms with van der Waals surface area (Å²) in [6.07, 6.45) is 1.43. The molecule has 0 radical (unpaired) electrons. The minimum Gasteiger partial charge on any atom is -0.394 e. The molecule has 1 aromatic heterocycles. The van der Waals surface area contributed by atoms with Crippen molar-refractivity contribution in [2.45, 2.75) is 31.9 Å². The number of halogens is 1. The lowest BCUT2D eigenvalue weighted by atomic mass is 9.99. The number of ether oxygens (including phenoxy) is 1. The Kier molecular flexibility index (Phi) is 5.46. The Labute approximate surface area is 150 Å². The smallest absolute Gasteiger partial charge is 0.274 e. The average molecular weight is 364 g/mol. The van der Waals surface area contributed by atoms with Crippen molar-refractivity contribution in [1.29, 1.82) is 0 Å². The van der Waals surface area contributed by atoms with E-state index >= 15 is 0 Å². The van der Waals surface area contributed by atoms with Gasteiger partial charge in [0.2, 0.25) is 0 Å². The van der Waals surface area contributed by atoms with Crippen LogP contribution in [0.3, 0.4) is 0 Å². The van der Waals surface area contributed by atoms with Gasteiger partial charge in [-0.3, -0.25) is 4.79 Å². The van der Waals surface area contributed by atoms with Crippen LogP contribution >= 0.6 is 11.3 Å². The van der Waals surface area contributed by atoms with Crippen LogP contribution in [-0.4, -0.2) is 53.3 Å². The first-order valence-electron chi connectivity index (χ1n) is 8.21. The van der Waals surface area contributed by atoms with Crippen molar-refractivity contribution >= 4 is 17.2 Å². The molecule has 1 fully saturated rings. The van der Waals surface area contributed by atoms with Gasteiger partial charge in [0.15, 0.2) is 0 Å². The third-order valence-corrected chi connectivity index (χ3v) is 5.51. The van der Waals surface area contributed by atoms with Gasteiger partial charge in [-0.15, -0.1) is 11.3 Å². The molecule has 5 nitrogen and oxygen atoms in total. The second-order valence-corrected chi connectivity index (χ2v) is 7.35. The van der Waals surface area contributed by atoms with Crippen molar-refractivity contribution < 1.29 is 19.0 Å². The van der Waals surface area contributed by atoms with Crippen LogP contribution in [0.5, 0.6) is 0 Å². The first kappa shape index (κ1) is 18.0. The van der Waals surface area contributed by atoms with Gasteiger partial charge in [0.25, 0.3) is 5.91 Å². The molecule has 1 amide bonds. The number of carbonyl (C=O) groups excluding carboxylic acids is 1. The Morgan fingerprint density at radius 2 is 2.28 bits per heavy atom. The van der Waals surface area contributed by atoms with Crippen molar-refractivity contribution in [2.75, 3.05) is 20.3 Å². The quantitative estimate of drug-likeness (QED) is 0.906. The van der Waals surface area contributed by atoms with E-state index in [2.05, 4.69) is 4.98 Å². The number of hydrogen-bond donors (Lipinski definition) is 1. The summed E-state index contributed by atoms with van der Waals surface area (Å²) in [5.41, 5.74) is 0.943. The van der Waals surface area contributed by atoms with E-state index < -0.39 is 0 Å². The fraction of sp³-hybridized carbons (Fsp3) is 0.444. The normalized spacial score (nSPS) is 20.7. The molecule has 134 valence electrons. The largest absolute Gasteiger partial charge is 0.394 e. The highest BCUT2D eigenvalue weighted by Crippen LogP contribution is 2.32. The Bertz CT molecular complexity index is 765. The van der Waals surface area contributed by atoms with Gasteiger partial charge in [-0.1, -0.05) is 12.1 Å². The molecule has 3 rings (SSSR count). The number of likely N-dealkylation sites (tertiary alicyclic amines) is 1. The fourth-order valence-corrected chi connectivity index (χ4v) is 4.07. The van der Waals surface area contributed by atoms with E-state index in [1.807, 2.05) is 6.92 Å². The van der Waals surface area contributed by atoms with E-state index in [0.717, 1.165) is 11.4 Å². The van der Waals surface area contributed by atoms with Crippen molar-refractivity contribution in [1.82, 2.24) is 9.88 Å². The van der Waals surface area contributed by atoms with Crippen LogP contribution in [0.25, 0.3) is 10.4 Å². The number of carbonyl (C=O) groups is 1. The van der Waals surface area contributed by atoms with Gasteiger partial charge in [-0.05, 0) is 37.5 Å². The molecule has 0 saturated carbocycles. The van der Waals surface area contributed by atoms with Crippen LogP contribution in [0, 0.1) is 12.7 Å². The highest BCUT2D eigenvalue weighted by atomic mass is 32.1. The number of amides is 1. The third-order valence-electron chi connectivity index (χ3n) is 4.49. The number of benzene rings is 1. The van der Waals surface area contributed by atoms with E-state index in [-0.39, 0.29) is 30.5 Å². The van der Waals surface area contributed by atoms with Gasteiger partial charge in [-0.2, -0.15) is 0 Å². The molecular formula is C18H21FN2O3S. The molecule has 7 heteroatoms. The maximum atomic E-state index is 13.6. The highest BCUT2D eigenvalue weighted by Gasteiger charge is 2.34. The second kappa shape index (κ2) is 7.59. The van der Waals surface area contributed by atoms with Gasteiger partial charge in [0.05, 0.1) is 28.6 Å². The monoisotopic (exact) mass is 364 g/mol. The first-order valence-corrected chi connectivity index (χ1v) is 9.03. The van der Waals surface area contributed by atoms with Crippen molar-refractivity contribution in [3.05, 3.63) is 40.8 Å². The first-order chi connectivity index (χ1) is 12.0. The number of thiazole rings is 1. The maximum Gasteiger partial charge on any atom is 0.274 e. The van der Waals surface area contributed by atoms with Gasteiger partial charge in [-0.25, -0.2) is 9.37 Å². The number of aliphatic hydroxyl groups excluding tert-OH is 1. The topological polar surface area (TPSA) is 62.7 Å². The lowest BCUT2D eigenvalue weighted by Crippen LogP contribution is -2.51. The number of methoxy groups -OCH3 is 1. The molecule has 0 bridgehead atoms. The zero-order valence-corrected chi connectivity index (χ0v) is 15.1. The van der Waals surface area contributed by atoms with Crippen LogP contribution < -0.4 is 0 Å². The lowest BCUT2D eigenvalue weighted by Gasteiger charge is -2.38. The summed E-state index contributed by atoms with van der Waals surface area (Å²) in [5.74, 6) is -0.600. The number of aryl methyl sites for hydroxylation is 1. The summed E-state index contributed by atoms with van der Waals surface area (Å²) in [7, 11) is 1.62. The number of aliphatic hydroxyl groups is 1.